The summed E-state index contributed by atoms with van der Waals surface area (Å²) in [6, 6.07) is 0. The minimum absolute atomic E-state index is 0.456. The van der Waals surface area contributed by atoms with Crippen LogP contribution in [0.1, 0.15) is 25.7 Å². The second-order valence-corrected chi connectivity index (χ2v) is 3.07. The Labute approximate surface area is 54.8 Å². The number of aliphatic hydroxyl groups is 1. The summed E-state index contributed by atoms with van der Waals surface area (Å²) in [5.41, 5.74) is 0. The van der Waals surface area contributed by atoms with Gasteiger partial charge in [-0.1, -0.05) is 0 Å². The quantitative estimate of drug-likeness (QED) is 0.525. The third-order valence-corrected chi connectivity index (χ3v) is 2.54. The first-order valence-corrected chi connectivity index (χ1v) is 3.68. The first kappa shape index (κ1) is 5.69. The molecule has 1 heterocycles. The van der Waals surface area contributed by atoms with Crippen LogP contribution in [0.3, 0.4) is 0 Å². The van der Waals surface area contributed by atoms with E-state index in [1.54, 1.807) is 0 Å². The molecule has 9 heavy (non-hydrogen) atoms. The Kier molecular flexibility index (Phi) is 1.08. The maximum absolute atomic E-state index is 9.61. The lowest BCUT2D eigenvalue weighted by molar-refractivity contribution is -0.182. The molecule has 1 saturated carbocycles. The first-order valence-electron chi connectivity index (χ1n) is 3.68. The second kappa shape index (κ2) is 1.70. The fourth-order valence-electron chi connectivity index (χ4n) is 1.97. The van der Waals surface area contributed by atoms with Crippen molar-refractivity contribution in [1.29, 1.82) is 0 Å². The van der Waals surface area contributed by atoms with Gasteiger partial charge in [0.05, 0.1) is 6.61 Å². The van der Waals surface area contributed by atoms with Crippen LogP contribution in [0, 0.1) is 5.92 Å². The molecular weight excluding hydrogens is 116 g/mol. The van der Waals surface area contributed by atoms with Crippen molar-refractivity contribution in [1.82, 2.24) is 0 Å². The van der Waals surface area contributed by atoms with E-state index in [1.807, 2.05) is 0 Å². The van der Waals surface area contributed by atoms with E-state index in [2.05, 4.69) is 0 Å². The van der Waals surface area contributed by atoms with Crippen molar-refractivity contribution in [3.8, 4) is 0 Å². The zero-order valence-electron chi connectivity index (χ0n) is 5.47. The van der Waals surface area contributed by atoms with Gasteiger partial charge in [0.1, 0.15) is 0 Å². The molecule has 0 amide bonds. The Bertz CT molecular complexity index is 112. The van der Waals surface area contributed by atoms with E-state index in [1.165, 1.54) is 0 Å². The highest BCUT2D eigenvalue weighted by Gasteiger charge is 2.45. The van der Waals surface area contributed by atoms with E-state index in [9.17, 15) is 5.11 Å². The molecule has 2 rings (SSSR count). The van der Waals surface area contributed by atoms with Gasteiger partial charge in [0.25, 0.3) is 0 Å². The third-order valence-electron chi connectivity index (χ3n) is 2.54. The largest absolute Gasteiger partial charge is 0.365 e. The van der Waals surface area contributed by atoms with Crippen LogP contribution in [-0.4, -0.2) is 17.5 Å². The predicted molar refractivity (Wildman–Crippen MR) is 32.9 cm³/mol. The summed E-state index contributed by atoms with van der Waals surface area (Å²) in [4.78, 5) is 0. The third kappa shape index (κ3) is 0.700. The van der Waals surface area contributed by atoms with Gasteiger partial charge in [0, 0.05) is 12.3 Å². The van der Waals surface area contributed by atoms with Crippen molar-refractivity contribution >= 4 is 0 Å². The lowest BCUT2D eigenvalue weighted by Crippen LogP contribution is -2.29. The highest BCUT2D eigenvalue weighted by molar-refractivity contribution is 4.88. The van der Waals surface area contributed by atoms with Crippen LogP contribution < -0.4 is 0 Å². The maximum Gasteiger partial charge on any atom is 0.168 e. The monoisotopic (exact) mass is 128 g/mol. The Balaban J connectivity index is 2.17. The molecule has 2 unspecified atom stereocenters. The lowest BCUT2D eigenvalue weighted by Gasteiger charge is -2.20. The molecule has 2 fully saturated rings. The summed E-state index contributed by atoms with van der Waals surface area (Å²) < 4.78 is 5.22. The molecule has 0 spiro atoms. The number of hydrogen-bond donors (Lipinski definition) is 1. The topological polar surface area (TPSA) is 29.5 Å². The van der Waals surface area contributed by atoms with E-state index >= 15 is 0 Å². The van der Waals surface area contributed by atoms with Gasteiger partial charge in [-0.15, -0.1) is 0 Å². The van der Waals surface area contributed by atoms with Gasteiger partial charge in [-0.25, -0.2) is 0 Å². The first-order chi connectivity index (χ1) is 4.31. The summed E-state index contributed by atoms with van der Waals surface area (Å²) in [6.07, 6.45) is 4.23. The van der Waals surface area contributed by atoms with Crippen molar-refractivity contribution in [3.63, 3.8) is 0 Å². The Morgan fingerprint density at radius 1 is 1.44 bits per heavy atom. The zero-order valence-corrected chi connectivity index (χ0v) is 5.47. The molecule has 0 bridgehead atoms. The molecule has 2 atom stereocenters. The highest BCUT2D eigenvalue weighted by atomic mass is 16.6. The van der Waals surface area contributed by atoms with E-state index in [0.29, 0.717) is 5.92 Å². The molecule has 52 valence electrons. The van der Waals surface area contributed by atoms with Crippen LogP contribution in [-0.2, 0) is 4.74 Å². The minimum atomic E-state index is -0.694. The molecule has 0 aromatic heterocycles. The minimum Gasteiger partial charge on any atom is -0.365 e. The molecule has 0 radical (unpaired) electrons. The Morgan fingerprint density at radius 3 is 3.11 bits per heavy atom. The van der Waals surface area contributed by atoms with Crippen molar-refractivity contribution in [3.05, 3.63) is 0 Å². The average Bonchev–Trinajstić information content (AvgIpc) is 2.22. The van der Waals surface area contributed by atoms with Crippen LogP contribution in [0.5, 0.6) is 0 Å². The number of fused-ring (bicyclic) bond motifs is 1. The normalized spacial score (nSPS) is 49.7. The molecule has 1 aliphatic carbocycles. The Hall–Kier alpha value is -0.0800. The number of hydrogen-bond acceptors (Lipinski definition) is 2. The zero-order chi connectivity index (χ0) is 6.32. The number of rotatable bonds is 0. The fourth-order valence-corrected chi connectivity index (χ4v) is 1.97. The standard InChI is InChI=1S/C7H12O2/c8-7-4-1-2-6(7)3-5-9-7/h6,8H,1-5H2. The van der Waals surface area contributed by atoms with E-state index in [-0.39, 0.29) is 0 Å². The Morgan fingerprint density at radius 2 is 2.33 bits per heavy atom. The molecule has 2 aliphatic rings. The van der Waals surface area contributed by atoms with Crippen LogP contribution in [0.4, 0.5) is 0 Å². The molecular formula is C7H12O2. The smallest absolute Gasteiger partial charge is 0.168 e. The molecule has 0 aromatic carbocycles. The van der Waals surface area contributed by atoms with Crippen molar-refractivity contribution in [2.24, 2.45) is 5.92 Å². The molecule has 1 N–H and O–H groups in total. The van der Waals surface area contributed by atoms with E-state index < -0.39 is 5.79 Å². The molecule has 2 heteroatoms. The van der Waals surface area contributed by atoms with Crippen molar-refractivity contribution < 1.29 is 9.84 Å². The summed E-state index contributed by atoms with van der Waals surface area (Å²) >= 11 is 0. The molecule has 0 aromatic rings. The summed E-state index contributed by atoms with van der Waals surface area (Å²) in [6.45, 7) is 0.765. The molecule has 1 saturated heterocycles. The average molecular weight is 128 g/mol. The SMILES string of the molecule is OC12CCCC1CCO2. The van der Waals surface area contributed by atoms with Gasteiger partial charge >= 0.3 is 0 Å². The highest BCUT2D eigenvalue weighted by Crippen LogP contribution is 2.42. The predicted octanol–water partition coefficient (Wildman–Crippen LogP) is 0.895. The van der Waals surface area contributed by atoms with Crippen LogP contribution >= 0.6 is 0 Å². The number of ether oxygens (including phenoxy) is 1. The van der Waals surface area contributed by atoms with Gasteiger partial charge < -0.3 is 9.84 Å². The van der Waals surface area contributed by atoms with Gasteiger partial charge in [-0.05, 0) is 19.3 Å². The van der Waals surface area contributed by atoms with E-state index in [4.69, 9.17) is 4.74 Å². The summed E-state index contributed by atoms with van der Waals surface area (Å²) in [5.74, 6) is -0.238. The van der Waals surface area contributed by atoms with Gasteiger partial charge in [0.15, 0.2) is 5.79 Å². The maximum atomic E-state index is 9.61. The van der Waals surface area contributed by atoms with Crippen LogP contribution in [0.15, 0.2) is 0 Å². The van der Waals surface area contributed by atoms with Crippen LogP contribution in [0.2, 0.25) is 0 Å². The summed E-state index contributed by atoms with van der Waals surface area (Å²) in [5, 5.41) is 9.61. The van der Waals surface area contributed by atoms with Gasteiger partial charge in [-0.2, -0.15) is 0 Å². The van der Waals surface area contributed by atoms with Gasteiger partial charge in [-0.3, -0.25) is 0 Å². The summed E-state index contributed by atoms with van der Waals surface area (Å²) in [7, 11) is 0. The van der Waals surface area contributed by atoms with Crippen LogP contribution in [0.25, 0.3) is 0 Å². The molecule has 1 aliphatic heterocycles. The van der Waals surface area contributed by atoms with Crippen molar-refractivity contribution in [2.75, 3.05) is 6.61 Å². The fraction of sp³-hybridized carbons (Fsp3) is 1.00. The van der Waals surface area contributed by atoms with E-state index in [0.717, 1.165) is 32.3 Å². The van der Waals surface area contributed by atoms with Gasteiger partial charge in [0.2, 0.25) is 0 Å². The second-order valence-electron chi connectivity index (χ2n) is 3.07. The lowest BCUT2D eigenvalue weighted by atomic mass is 10.0. The molecule has 2 nitrogen and oxygen atoms in total. The van der Waals surface area contributed by atoms with Crippen molar-refractivity contribution in [2.45, 2.75) is 31.5 Å².